The fourth-order valence-corrected chi connectivity index (χ4v) is 5.80. The molecule has 2 rings (SSSR count). The quantitative estimate of drug-likeness (QED) is 0.227. The molecule has 3 N–H and O–H groups in total. The Balaban J connectivity index is 1.99. The van der Waals surface area contributed by atoms with Gasteiger partial charge < -0.3 is 15.0 Å². The predicted molar refractivity (Wildman–Crippen MR) is 145 cm³/mol. The van der Waals surface area contributed by atoms with E-state index in [2.05, 4.69) is 32.1 Å². The molecule has 0 fully saturated rings. The minimum atomic E-state index is -0.579. The van der Waals surface area contributed by atoms with E-state index in [4.69, 9.17) is 17.0 Å². The molecule has 0 aliphatic carbocycles. The molecular formula is C22H27BrN4O4S3. The van der Waals surface area contributed by atoms with Crippen LogP contribution in [0.25, 0.3) is 0 Å². The summed E-state index contributed by atoms with van der Waals surface area (Å²) in [5.74, 6) is -0.0951. The van der Waals surface area contributed by atoms with Crippen LogP contribution in [0, 0.1) is 6.92 Å². The summed E-state index contributed by atoms with van der Waals surface area (Å²) in [5, 5.41) is 3.35. The number of rotatable bonds is 9. The van der Waals surface area contributed by atoms with Gasteiger partial charge in [-0.25, -0.2) is 4.79 Å². The van der Waals surface area contributed by atoms with Crippen LogP contribution in [0.5, 0.6) is 0 Å². The summed E-state index contributed by atoms with van der Waals surface area (Å²) in [6, 6.07) is 7.83. The lowest BCUT2D eigenvalue weighted by Gasteiger charge is -2.17. The van der Waals surface area contributed by atoms with E-state index in [0.29, 0.717) is 34.3 Å². The summed E-state index contributed by atoms with van der Waals surface area (Å²) >= 11 is 11.3. The Labute approximate surface area is 221 Å². The molecule has 0 spiro atoms. The monoisotopic (exact) mass is 586 g/mol. The van der Waals surface area contributed by atoms with Crippen LogP contribution in [-0.4, -0.2) is 53.7 Å². The van der Waals surface area contributed by atoms with E-state index in [1.54, 1.807) is 11.8 Å². The first-order valence-corrected chi connectivity index (χ1v) is 13.6. The molecule has 0 bridgehead atoms. The first-order chi connectivity index (χ1) is 16.2. The predicted octanol–water partition coefficient (Wildman–Crippen LogP) is 4.34. The van der Waals surface area contributed by atoms with Crippen LogP contribution in [0.2, 0.25) is 0 Å². The maximum Gasteiger partial charge on any atom is 0.341 e. The van der Waals surface area contributed by atoms with Crippen LogP contribution in [-0.2, 0) is 15.3 Å². The fourth-order valence-electron chi connectivity index (χ4n) is 2.97. The number of nitrogens with one attached hydrogen (secondary N) is 3. The van der Waals surface area contributed by atoms with Crippen LogP contribution in [0.4, 0.5) is 5.00 Å². The number of carbonyl (C=O) groups excluding carboxylic acids is 3. The highest BCUT2D eigenvalue weighted by Crippen LogP contribution is 2.34. The van der Waals surface area contributed by atoms with Gasteiger partial charge in [-0.05, 0) is 50.2 Å². The van der Waals surface area contributed by atoms with Gasteiger partial charge in [-0.1, -0.05) is 34.1 Å². The van der Waals surface area contributed by atoms with Crippen LogP contribution in [0.1, 0.15) is 45.0 Å². The van der Waals surface area contributed by atoms with E-state index >= 15 is 0 Å². The Kier molecular flexibility index (Phi) is 11.3. The van der Waals surface area contributed by atoms with Gasteiger partial charge in [-0.15, -0.1) is 23.1 Å². The highest BCUT2D eigenvalue weighted by molar-refractivity contribution is 9.10. The second kappa shape index (κ2) is 13.7. The van der Waals surface area contributed by atoms with E-state index in [1.807, 2.05) is 38.1 Å². The molecule has 0 atom stereocenters. The Bertz CT molecular complexity index is 1060. The van der Waals surface area contributed by atoms with Crippen molar-refractivity contribution in [2.45, 2.75) is 26.5 Å². The zero-order chi connectivity index (χ0) is 25.3. The minimum absolute atomic E-state index is 0.0809. The van der Waals surface area contributed by atoms with Gasteiger partial charge in [0.25, 0.3) is 5.91 Å². The topological polar surface area (TPSA) is 99.8 Å². The van der Waals surface area contributed by atoms with Crippen molar-refractivity contribution in [1.82, 2.24) is 15.8 Å². The standard InChI is InChI=1S/C22H27BrN4O4S3/c1-5-27(6-2)20(29)18-13(3)17(21(30)31-4)19(34-18)24-22(32)26-25-16(28)12-33-11-14-9-7-8-10-15(14)23/h7-10H,5-6,11-12H2,1-4H3,(H,25,28)(H2,24,26,32). The number of anilines is 1. The molecule has 2 amide bonds. The van der Waals surface area contributed by atoms with E-state index in [-0.39, 0.29) is 28.2 Å². The first kappa shape index (κ1) is 28.1. The van der Waals surface area contributed by atoms with Crippen molar-refractivity contribution in [3.05, 3.63) is 50.3 Å². The SMILES string of the molecule is CCN(CC)C(=O)c1sc(NC(=S)NNC(=O)CSCc2ccccc2Br)c(C(=O)OC)c1C. The molecular weight excluding hydrogens is 560 g/mol. The Hall–Kier alpha value is -2.15. The Morgan fingerprint density at radius 1 is 1.18 bits per heavy atom. The maximum atomic E-state index is 12.9. The van der Waals surface area contributed by atoms with Gasteiger partial charge in [0.1, 0.15) is 5.00 Å². The molecule has 34 heavy (non-hydrogen) atoms. The van der Waals surface area contributed by atoms with E-state index in [1.165, 1.54) is 18.9 Å². The number of hydrogen-bond acceptors (Lipinski definition) is 7. The average Bonchev–Trinajstić information content (AvgIpc) is 3.14. The van der Waals surface area contributed by atoms with Crippen LogP contribution < -0.4 is 16.2 Å². The second-order valence-electron chi connectivity index (χ2n) is 6.94. The van der Waals surface area contributed by atoms with Crippen molar-refractivity contribution in [3.63, 3.8) is 0 Å². The summed E-state index contributed by atoms with van der Waals surface area (Å²) in [4.78, 5) is 39.5. The molecule has 0 radical (unpaired) electrons. The molecule has 0 unspecified atom stereocenters. The third kappa shape index (κ3) is 7.42. The minimum Gasteiger partial charge on any atom is -0.465 e. The van der Waals surface area contributed by atoms with Crippen molar-refractivity contribution < 1.29 is 19.1 Å². The first-order valence-electron chi connectivity index (χ1n) is 10.4. The number of thioether (sulfide) groups is 1. The Morgan fingerprint density at radius 2 is 1.85 bits per heavy atom. The molecule has 0 saturated carbocycles. The number of esters is 1. The van der Waals surface area contributed by atoms with Crippen molar-refractivity contribution in [1.29, 1.82) is 0 Å². The second-order valence-corrected chi connectivity index (χ2v) is 10.2. The lowest BCUT2D eigenvalue weighted by atomic mass is 10.1. The highest BCUT2D eigenvalue weighted by atomic mass is 79.9. The average molecular weight is 588 g/mol. The molecule has 0 aliphatic heterocycles. The zero-order valence-electron chi connectivity index (χ0n) is 19.3. The van der Waals surface area contributed by atoms with E-state index in [0.717, 1.165) is 21.4 Å². The number of ether oxygens (including phenoxy) is 1. The third-order valence-corrected chi connectivity index (χ3v) is 7.93. The molecule has 1 heterocycles. The lowest BCUT2D eigenvalue weighted by Crippen LogP contribution is -2.44. The van der Waals surface area contributed by atoms with Gasteiger partial charge in [0.05, 0.1) is 23.3 Å². The molecule has 2 aromatic rings. The van der Waals surface area contributed by atoms with E-state index in [9.17, 15) is 14.4 Å². The summed E-state index contributed by atoms with van der Waals surface area (Å²) < 4.78 is 5.89. The molecule has 0 aliphatic rings. The summed E-state index contributed by atoms with van der Waals surface area (Å²) in [6.45, 7) is 6.58. The highest BCUT2D eigenvalue weighted by Gasteiger charge is 2.27. The lowest BCUT2D eigenvalue weighted by molar-refractivity contribution is -0.119. The van der Waals surface area contributed by atoms with Crippen molar-refractivity contribution in [2.24, 2.45) is 0 Å². The van der Waals surface area contributed by atoms with Crippen molar-refractivity contribution >= 4 is 79.1 Å². The van der Waals surface area contributed by atoms with Crippen LogP contribution >= 0.6 is 51.2 Å². The van der Waals surface area contributed by atoms with Gasteiger partial charge in [-0.2, -0.15) is 0 Å². The number of hydrazine groups is 1. The van der Waals surface area contributed by atoms with Gasteiger partial charge >= 0.3 is 5.97 Å². The number of halogens is 1. The number of carbonyl (C=O) groups is 3. The maximum absolute atomic E-state index is 12.9. The molecule has 0 saturated heterocycles. The van der Waals surface area contributed by atoms with Crippen molar-refractivity contribution in [2.75, 3.05) is 31.3 Å². The number of amides is 2. The molecule has 1 aromatic heterocycles. The number of benzene rings is 1. The number of thiophene rings is 1. The van der Waals surface area contributed by atoms with Gasteiger partial charge in [0, 0.05) is 23.3 Å². The third-order valence-electron chi connectivity index (χ3n) is 4.77. The van der Waals surface area contributed by atoms with Crippen LogP contribution in [0.3, 0.4) is 0 Å². The van der Waals surface area contributed by atoms with E-state index < -0.39 is 5.97 Å². The van der Waals surface area contributed by atoms with Gasteiger partial charge in [0.2, 0.25) is 5.91 Å². The smallest absolute Gasteiger partial charge is 0.341 e. The molecule has 184 valence electrons. The fraction of sp³-hybridized carbons (Fsp3) is 0.364. The number of nitrogens with zero attached hydrogens (tertiary/aromatic N) is 1. The normalized spacial score (nSPS) is 10.4. The van der Waals surface area contributed by atoms with Crippen molar-refractivity contribution in [3.8, 4) is 0 Å². The number of hydrogen-bond donors (Lipinski definition) is 3. The summed E-state index contributed by atoms with van der Waals surface area (Å²) in [6.07, 6.45) is 0. The summed E-state index contributed by atoms with van der Waals surface area (Å²) in [7, 11) is 1.28. The number of methoxy groups -OCH3 is 1. The van der Waals surface area contributed by atoms with Gasteiger partial charge in [0.15, 0.2) is 5.11 Å². The molecule has 8 nitrogen and oxygen atoms in total. The zero-order valence-corrected chi connectivity index (χ0v) is 23.4. The number of thiocarbonyl (C=S) groups is 1. The molecule has 1 aromatic carbocycles. The summed E-state index contributed by atoms with van der Waals surface area (Å²) in [5.41, 5.74) is 7.03. The van der Waals surface area contributed by atoms with Crippen LogP contribution in [0.15, 0.2) is 28.7 Å². The largest absolute Gasteiger partial charge is 0.465 e. The Morgan fingerprint density at radius 3 is 2.47 bits per heavy atom. The van der Waals surface area contributed by atoms with Gasteiger partial charge in [-0.3, -0.25) is 20.4 Å². The molecule has 12 heteroatoms.